The van der Waals surface area contributed by atoms with Crippen molar-refractivity contribution in [3.63, 3.8) is 0 Å². The molecule has 0 saturated carbocycles. The van der Waals surface area contributed by atoms with E-state index in [0.717, 1.165) is 5.56 Å². The number of ether oxygens (including phenoxy) is 1. The maximum absolute atomic E-state index is 11.5. The molecule has 1 rings (SSSR count). The zero-order valence-corrected chi connectivity index (χ0v) is 10.4. The average molecular weight is 272 g/mol. The molecule has 2 N–H and O–H groups in total. The third-order valence-corrected chi connectivity index (χ3v) is 2.47. The van der Waals surface area contributed by atoms with Crippen molar-refractivity contribution in [3.8, 4) is 0 Å². The van der Waals surface area contributed by atoms with E-state index in [0.29, 0.717) is 5.02 Å². The third-order valence-electron chi connectivity index (χ3n) is 2.10. The van der Waals surface area contributed by atoms with E-state index in [2.05, 4.69) is 5.32 Å². The number of carboxylic acid groups (broad SMARTS) is 1. The van der Waals surface area contributed by atoms with Gasteiger partial charge in [0.25, 0.3) is 0 Å². The van der Waals surface area contributed by atoms with Crippen LogP contribution in [0.1, 0.15) is 5.56 Å². The fourth-order valence-electron chi connectivity index (χ4n) is 1.30. The fraction of sp³-hybridized carbons (Fsp3) is 0.333. The molecule has 18 heavy (non-hydrogen) atoms. The Hall–Kier alpha value is -1.59. The molecule has 0 aliphatic carbocycles. The molecule has 98 valence electrons. The van der Waals surface area contributed by atoms with Gasteiger partial charge in [-0.25, -0.2) is 4.79 Å². The van der Waals surface area contributed by atoms with Crippen molar-refractivity contribution in [1.29, 1.82) is 0 Å². The van der Waals surface area contributed by atoms with Crippen molar-refractivity contribution in [2.24, 2.45) is 0 Å². The molecular formula is C12H14ClNO4. The second-order valence-corrected chi connectivity index (χ2v) is 3.97. The van der Waals surface area contributed by atoms with Crippen LogP contribution in [0.4, 0.5) is 0 Å². The Labute approximate surface area is 110 Å². The molecule has 0 fully saturated rings. The first-order valence-electron chi connectivity index (χ1n) is 5.39. The number of aliphatic carboxylic acids is 1. The van der Waals surface area contributed by atoms with E-state index in [1.54, 1.807) is 18.2 Å². The van der Waals surface area contributed by atoms with Crippen molar-refractivity contribution >= 4 is 23.5 Å². The molecule has 0 heterocycles. The summed E-state index contributed by atoms with van der Waals surface area (Å²) in [6.45, 7) is 0.0809. The van der Waals surface area contributed by atoms with E-state index < -0.39 is 5.97 Å². The van der Waals surface area contributed by atoms with Gasteiger partial charge in [-0.15, -0.1) is 0 Å². The second kappa shape index (κ2) is 7.68. The van der Waals surface area contributed by atoms with E-state index >= 15 is 0 Å². The van der Waals surface area contributed by atoms with Crippen LogP contribution in [0.25, 0.3) is 0 Å². The highest BCUT2D eigenvalue weighted by Gasteiger charge is 2.05. The Morgan fingerprint density at radius 3 is 2.72 bits per heavy atom. The van der Waals surface area contributed by atoms with E-state index in [9.17, 15) is 9.59 Å². The number of carbonyl (C=O) groups is 2. The lowest BCUT2D eigenvalue weighted by Gasteiger charge is -2.06. The van der Waals surface area contributed by atoms with Gasteiger partial charge in [0.2, 0.25) is 5.91 Å². The van der Waals surface area contributed by atoms with E-state index in [1.165, 1.54) is 0 Å². The highest BCUT2D eigenvalue weighted by Crippen LogP contribution is 2.14. The maximum atomic E-state index is 11.5. The number of hydrogen-bond donors (Lipinski definition) is 2. The molecule has 1 aromatic carbocycles. The molecule has 1 amide bonds. The summed E-state index contributed by atoms with van der Waals surface area (Å²) in [5, 5.41) is 11.5. The van der Waals surface area contributed by atoms with Crippen LogP contribution >= 0.6 is 11.6 Å². The van der Waals surface area contributed by atoms with Gasteiger partial charge >= 0.3 is 5.97 Å². The van der Waals surface area contributed by atoms with Gasteiger partial charge in [-0.1, -0.05) is 29.8 Å². The molecule has 5 nitrogen and oxygen atoms in total. The minimum Gasteiger partial charge on any atom is -0.480 e. The number of rotatable bonds is 7. The summed E-state index contributed by atoms with van der Waals surface area (Å²) in [6, 6.07) is 7.11. The number of hydrogen-bond acceptors (Lipinski definition) is 3. The minimum atomic E-state index is -1.03. The Kier molecular flexibility index (Phi) is 6.18. The van der Waals surface area contributed by atoms with Gasteiger partial charge in [-0.05, 0) is 11.6 Å². The van der Waals surface area contributed by atoms with Crippen LogP contribution in [-0.2, 0) is 20.7 Å². The Bertz CT molecular complexity index is 422. The third kappa shape index (κ3) is 5.65. The van der Waals surface area contributed by atoms with Crippen LogP contribution < -0.4 is 5.32 Å². The van der Waals surface area contributed by atoms with Crippen molar-refractivity contribution < 1.29 is 19.4 Å². The molecule has 1 aromatic rings. The van der Waals surface area contributed by atoms with Crippen LogP contribution in [0.2, 0.25) is 5.02 Å². The summed E-state index contributed by atoms with van der Waals surface area (Å²) < 4.78 is 4.78. The molecule has 0 saturated heterocycles. The van der Waals surface area contributed by atoms with Gasteiger partial charge in [0.05, 0.1) is 13.0 Å². The van der Waals surface area contributed by atoms with E-state index in [-0.39, 0.29) is 32.1 Å². The zero-order chi connectivity index (χ0) is 13.4. The molecule has 0 aromatic heterocycles. The Balaban J connectivity index is 2.22. The van der Waals surface area contributed by atoms with Crippen LogP contribution in [0, 0.1) is 0 Å². The highest BCUT2D eigenvalue weighted by atomic mass is 35.5. The zero-order valence-electron chi connectivity index (χ0n) is 9.69. The summed E-state index contributed by atoms with van der Waals surface area (Å²) in [7, 11) is 0. The van der Waals surface area contributed by atoms with Crippen molar-refractivity contribution in [2.45, 2.75) is 6.42 Å². The quantitative estimate of drug-likeness (QED) is 0.728. The molecule has 0 aliphatic rings. The lowest BCUT2D eigenvalue weighted by atomic mass is 10.1. The normalized spacial score (nSPS) is 10.1. The summed E-state index contributed by atoms with van der Waals surface area (Å²) in [5.41, 5.74) is 0.753. The first-order valence-corrected chi connectivity index (χ1v) is 5.77. The summed E-state index contributed by atoms with van der Waals surface area (Å²) in [4.78, 5) is 21.7. The molecular weight excluding hydrogens is 258 g/mol. The van der Waals surface area contributed by atoms with Crippen LogP contribution in [0.3, 0.4) is 0 Å². The number of carboxylic acids is 1. The molecule has 0 bridgehead atoms. The molecule has 0 radical (unpaired) electrons. The van der Waals surface area contributed by atoms with Gasteiger partial charge in [-0.3, -0.25) is 4.79 Å². The Morgan fingerprint density at radius 2 is 2.06 bits per heavy atom. The lowest BCUT2D eigenvalue weighted by Crippen LogP contribution is -2.29. The lowest BCUT2D eigenvalue weighted by molar-refractivity contribution is -0.142. The molecule has 0 atom stereocenters. The highest BCUT2D eigenvalue weighted by molar-refractivity contribution is 6.31. The summed E-state index contributed by atoms with van der Waals surface area (Å²) >= 11 is 5.92. The van der Waals surface area contributed by atoms with Gasteiger partial charge in [0.15, 0.2) is 0 Å². The predicted octanol–water partition coefficient (Wildman–Crippen LogP) is 1.10. The summed E-state index contributed by atoms with van der Waals surface area (Å²) in [6.07, 6.45) is 0.193. The van der Waals surface area contributed by atoms with Crippen molar-refractivity contribution in [3.05, 3.63) is 34.9 Å². The number of amides is 1. The molecule has 0 spiro atoms. The van der Waals surface area contributed by atoms with Crippen molar-refractivity contribution in [1.82, 2.24) is 5.32 Å². The first kappa shape index (κ1) is 14.5. The van der Waals surface area contributed by atoms with Crippen LogP contribution in [0.5, 0.6) is 0 Å². The predicted molar refractivity (Wildman–Crippen MR) is 66.6 cm³/mol. The van der Waals surface area contributed by atoms with Gasteiger partial charge in [-0.2, -0.15) is 0 Å². The number of halogens is 1. The minimum absolute atomic E-state index is 0.167. The van der Waals surface area contributed by atoms with Crippen LogP contribution in [-0.4, -0.2) is 36.7 Å². The number of carbonyl (C=O) groups excluding carboxylic acids is 1. The van der Waals surface area contributed by atoms with Gasteiger partial charge < -0.3 is 15.2 Å². The standard InChI is InChI=1S/C12H14ClNO4/c13-10-4-2-1-3-9(10)7-11(15)14-5-6-18-8-12(16)17/h1-4H,5-8H2,(H,14,15)(H,16,17). The Morgan fingerprint density at radius 1 is 1.33 bits per heavy atom. The maximum Gasteiger partial charge on any atom is 0.329 e. The molecule has 0 aliphatic heterocycles. The monoisotopic (exact) mass is 271 g/mol. The largest absolute Gasteiger partial charge is 0.480 e. The topological polar surface area (TPSA) is 75.6 Å². The molecule has 6 heteroatoms. The number of benzene rings is 1. The summed E-state index contributed by atoms with van der Waals surface area (Å²) in [5.74, 6) is -1.21. The average Bonchev–Trinajstić information content (AvgIpc) is 2.31. The SMILES string of the molecule is O=C(O)COCCNC(=O)Cc1ccccc1Cl. The van der Waals surface area contributed by atoms with Crippen molar-refractivity contribution in [2.75, 3.05) is 19.8 Å². The first-order chi connectivity index (χ1) is 8.59. The second-order valence-electron chi connectivity index (χ2n) is 3.56. The number of nitrogens with one attached hydrogen (secondary N) is 1. The fourth-order valence-corrected chi connectivity index (χ4v) is 1.50. The van der Waals surface area contributed by atoms with Gasteiger partial charge in [0.1, 0.15) is 6.61 Å². The van der Waals surface area contributed by atoms with E-state index in [4.69, 9.17) is 21.4 Å². The smallest absolute Gasteiger partial charge is 0.329 e. The molecule has 0 unspecified atom stereocenters. The van der Waals surface area contributed by atoms with E-state index in [1.807, 2.05) is 6.07 Å². The van der Waals surface area contributed by atoms with Crippen LogP contribution in [0.15, 0.2) is 24.3 Å². The van der Waals surface area contributed by atoms with Gasteiger partial charge in [0, 0.05) is 11.6 Å².